The highest BCUT2D eigenvalue weighted by atomic mass is 79.9. The summed E-state index contributed by atoms with van der Waals surface area (Å²) >= 11 is 5.87. The fourth-order valence-electron chi connectivity index (χ4n) is 1.25. The van der Waals surface area contributed by atoms with Crippen molar-refractivity contribution in [3.8, 4) is 0 Å². The number of alkyl halides is 2. The molecule has 0 bridgehead atoms. The van der Waals surface area contributed by atoms with Crippen LogP contribution in [0.15, 0.2) is 0 Å². The Balaban J connectivity index is 5.30. The molecule has 0 saturated carbocycles. The molecule has 0 aromatic heterocycles. The van der Waals surface area contributed by atoms with Gasteiger partial charge in [-0.15, -0.1) is 0 Å². The van der Waals surface area contributed by atoms with E-state index in [9.17, 15) is 20.4 Å². The summed E-state index contributed by atoms with van der Waals surface area (Å²) in [7, 11) is 2.16. The normalized spacial score (nSPS) is 23.2. The van der Waals surface area contributed by atoms with E-state index in [0.717, 1.165) is 14.2 Å². The van der Waals surface area contributed by atoms with Gasteiger partial charge in [0.05, 0.1) is 0 Å². The third kappa shape index (κ3) is 2.75. The van der Waals surface area contributed by atoms with Gasteiger partial charge in [-0.05, 0) is 0 Å². The second-order valence-electron chi connectivity index (χ2n) is 3.14. The molecule has 0 aromatic carbocycles. The molecule has 98 valence electrons. The summed E-state index contributed by atoms with van der Waals surface area (Å²) < 4.78 is 9.38. The Morgan fingerprint density at radius 1 is 0.938 bits per heavy atom. The van der Waals surface area contributed by atoms with Gasteiger partial charge in [0, 0.05) is 24.9 Å². The molecule has 0 unspecified atom stereocenters. The molecule has 8 heteroatoms. The van der Waals surface area contributed by atoms with Crippen molar-refractivity contribution in [3.63, 3.8) is 0 Å². The molecule has 4 N–H and O–H groups in total. The zero-order chi connectivity index (χ0) is 13.0. The summed E-state index contributed by atoms with van der Waals surface area (Å²) in [6.45, 7) is 0. The van der Waals surface area contributed by atoms with Crippen LogP contribution in [0.5, 0.6) is 0 Å². The van der Waals surface area contributed by atoms with Gasteiger partial charge in [0.2, 0.25) is 0 Å². The molecular weight excluding hydrogens is 352 g/mol. The minimum Gasteiger partial charge on any atom is -0.386 e. The van der Waals surface area contributed by atoms with Crippen molar-refractivity contribution >= 4 is 31.9 Å². The largest absolute Gasteiger partial charge is 0.386 e. The first-order chi connectivity index (χ1) is 7.33. The van der Waals surface area contributed by atoms with Crippen LogP contribution in [0.25, 0.3) is 0 Å². The topological polar surface area (TPSA) is 99.4 Å². The lowest BCUT2D eigenvalue weighted by molar-refractivity contribution is -0.415. The van der Waals surface area contributed by atoms with Crippen LogP contribution in [0, 0.1) is 0 Å². The monoisotopic (exact) mass is 366 g/mol. The highest BCUT2D eigenvalue weighted by Crippen LogP contribution is 2.32. The first kappa shape index (κ1) is 16.7. The number of halogens is 2. The Labute approximate surface area is 110 Å². The van der Waals surface area contributed by atoms with Crippen LogP contribution in [0.3, 0.4) is 0 Å². The first-order valence-electron chi connectivity index (χ1n) is 4.37. The Bertz CT molecular complexity index is 197. The Hall–Kier alpha value is 0.720. The van der Waals surface area contributed by atoms with E-state index in [-0.39, 0.29) is 10.7 Å². The zero-order valence-electron chi connectivity index (χ0n) is 8.93. The second kappa shape index (κ2) is 6.60. The highest BCUT2D eigenvalue weighted by molar-refractivity contribution is 9.09. The maximum atomic E-state index is 10.1. The predicted octanol–water partition coefficient (Wildman–Crippen LogP) is -0.832. The van der Waals surface area contributed by atoms with Crippen molar-refractivity contribution < 1.29 is 29.9 Å². The van der Waals surface area contributed by atoms with E-state index in [4.69, 9.17) is 0 Å². The quantitative estimate of drug-likeness (QED) is 0.346. The van der Waals surface area contributed by atoms with Crippen LogP contribution in [-0.2, 0) is 9.47 Å². The molecular formula is C8H16Br2O6. The summed E-state index contributed by atoms with van der Waals surface area (Å²) in [5.41, 5.74) is 0. The molecule has 16 heavy (non-hydrogen) atoms. The third-order valence-electron chi connectivity index (χ3n) is 2.33. The second-order valence-corrected chi connectivity index (χ2v) is 4.44. The number of rotatable bonds is 7. The molecule has 0 saturated heterocycles. The van der Waals surface area contributed by atoms with Crippen molar-refractivity contribution in [2.75, 3.05) is 24.9 Å². The Morgan fingerprint density at radius 3 is 1.31 bits per heavy atom. The molecule has 0 rings (SSSR count). The van der Waals surface area contributed by atoms with Crippen molar-refractivity contribution in [1.29, 1.82) is 0 Å². The van der Waals surface area contributed by atoms with E-state index in [0.29, 0.717) is 0 Å². The molecule has 4 atom stereocenters. The summed E-state index contributed by atoms with van der Waals surface area (Å²) in [5.74, 6) is -4.92. The minimum atomic E-state index is -2.46. The van der Waals surface area contributed by atoms with Gasteiger partial charge in [-0.25, -0.2) is 0 Å². The van der Waals surface area contributed by atoms with E-state index >= 15 is 0 Å². The lowest BCUT2D eigenvalue weighted by Crippen LogP contribution is -2.69. The van der Waals surface area contributed by atoms with Crippen molar-refractivity contribution in [3.05, 3.63) is 0 Å². The van der Waals surface area contributed by atoms with Crippen LogP contribution >= 0.6 is 31.9 Å². The van der Waals surface area contributed by atoms with E-state index < -0.39 is 23.8 Å². The summed E-state index contributed by atoms with van der Waals surface area (Å²) in [6, 6.07) is 0. The molecule has 0 aliphatic carbocycles. The average molecular weight is 368 g/mol. The molecule has 0 aliphatic heterocycles. The standard InChI is InChI=1S/C8H16Br2O6/c1-15-7(13,5(11)3-9)8(14,16-2)6(12)4-10/h5-6,11-14H,3-4H2,1-2H3/t5-,6+,7-,8+. The third-order valence-corrected chi connectivity index (χ3v) is 3.56. The van der Waals surface area contributed by atoms with E-state index in [1.54, 1.807) is 0 Å². The molecule has 0 spiro atoms. The van der Waals surface area contributed by atoms with Crippen molar-refractivity contribution in [1.82, 2.24) is 0 Å². The molecule has 0 fully saturated rings. The lowest BCUT2D eigenvalue weighted by atomic mass is 9.95. The van der Waals surface area contributed by atoms with Gasteiger partial charge in [0.15, 0.2) is 0 Å². The van der Waals surface area contributed by atoms with E-state index in [1.165, 1.54) is 0 Å². The maximum Gasteiger partial charge on any atom is 0.251 e. The van der Waals surface area contributed by atoms with Crippen molar-refractivity contribution in [2.24, 2.45) is 0 Å². The van der Waals surface area contributed by atoms with Crippen LogP contribution in [-0.4, -0.2) is 69.1 Å². The maximum absolute atomic E-state index is 10.1. The van der Waals surface area contributed by atoms with Gasteiger partial charge >= 0.3 is 0 Å². The molecule has 0 heterocycles. The van der Waals surface area contributed by atoms with Gasteiger partial charge in [-0.3, -0.25) is 0 Å². The van der Waals surface area contributed by atoms with Gasteiger partial charge in [0.25, 0.3) is 11.6 Å². The summed E-state index contributed by atoms with van der Waals surface area (Å²) in [4.78, 5) is 0. The minimum absolute atomic E-state index is 0.0714. The van der Waals surface area contributed by atoms with Gasteiger partial charge in [-0.2, -0.15) is 0 Å². The SMILES string of the molecule is CO[C@@](O)([C@@H](O)CBr)[C@](O)(OC)[C@H](O)CBr. The van der Waals surface area contributed by atoms with Gasteiger partial charge in [-0.1, -0.05) is 31.9 Å². The highest BCUT2D eigenvalue weighted by Gasteiger charge is 2.59. The average Bonchev–Trinajstić information content (AvgIpc) is 2.34. The zero-order valence-corrected chi connectivity index (χ0v) is 12.1. The molecule has 0 radical (unpaired) electrons. The van der Waals surface area contributed by atoms with Gasteiger partial charge in [0.1, 0.15) is 12.2 Å². The fourth-order valence-corrected chi connectivity index (χ4v) is 2.13. The van der Waals surface area contributed by atoms with Crippen LogP contribution in [0.2, 0.25) is 0 Å². The number of methoxy groups -OCH3 is 2. The summed E-state index contributed by atoms with van der Waals surface area (Å²) in [5, 5.41) is 39.2. The number of aliphatic hydroxyl groups excluding tert-OH is 2. The van der Waals surface area contributed by atoms with Gasteiger partial charge < -0.3 is 29.9 Å². The number of ether oxygens (including phenoxy) is 2. The number of aliphatic hydroxyl groups is 4. The number of hydrogen-bond acceptors (Lipinski definition) is 6. The summed E-state index contributed by atoms with van der Waals surface area (Å²) in [6.07, 6.45) is -2.98. The van der Waals surface area contributed by atoms with Crippen molar-refractivity contribution in [2.45, 2.75) is 23.8 Å². The van der Waals surface area contributed by atoms with E-state index in [1.807, 2.05) is 0 Å². The Kier molecular flexibility index (Phi) is 6.90. The molecule has 0 amide bonds. The van der Waals surface area contributed by atoms with Crippen LogP contribution in [0.4, 0.5) is 0 Å². The first-order valence-corrected chi connectivity index (χ1v) is 6.61. The van der Waals surface area contributed by atoms with E-state index in [2.05, 4.69) is 41.3 Å². The lowest BCUT2D eigenvalue weighted by Gasteiger charge is -2.44. The number of hydrogen-bond donors (Lipinski definition) is 4. The molecule has 0 aliphatic rings. The molecule has 6 nitrogen and oxygen atoms in total. The predicted molar refractivity (Wildman–Crippen MR) is 63.5 cm³/mol. The Morgan fingerprint density at radius 2 is 1.19 bits per heavy atom. The fraction of sp³-hybridized carbons (Fsp3) is 1.00. The van der Waals surface area contributed by atoms with Crippen LogP contribution < -0.4 is 0 Å². The molecule has 0 aromatic rings. The van der Waals surface area contributed by atoms with Crippen LogP contribution in [0.1, 0.15) is 0 Å². The smallest absolute Gasteiger partial charge is 0.251 e.